The number of likely N-dealkylation sites (tertiary alicyclic amines) is 1. The third-order valence-electron chi connectivity index (χ3n) is 5.06. The van der Waals surface area contributed by atoms with Crippen molar-refractivity contribution in [3.63, 3.8) is 0 Å². The van der Waals surface area contributed by atoms with Crippen LogP contribution in [0.5, 0.6) is 0 Å². The number of hydrogen-bond acceptors (Lipinski definition) is 5. The van der Waals surface area contributed by atoms with E-state index in [9.17, 15) is 14.9 Å². The smallest absolute Gasteiger partial charge is 0.233 e. The fraction of sp³-hybridized carbons (Fsp3) is 0.526. The third-order valence-corrected chi connectivity index (χ3v) is 7.05. The molecule has 1 aromatic heterocycles. The van der Waals surface area contributed by atoms with Crippen molar-refractivity contribution in [3.05, 3.63) is 33.0 Å². The standard InChI is InChI=1S/C19H23N3O2S2/c1-12-5-3-6-13(2)22(12)18(24)11-26-19-15(10-20)14(9-17(23)21-19)16-7-4-8-25-16/h4,7-8,12-14H,3,5-6,9,11H2,1-2H3,(H,21,23)/t12-,13-,14-/m1/s1. The molecule has 0 bridgehead atoms. The molecular formula is C19H23N3O2S2. The molecule has 0 saturated carbocycles. The van der Waals surface area contributed by atoms with E-state index in [0.29, 0.717) is 10.6 Å². The normalized spacial score (nSPS) is 26.4. The summed E-state index contributed by atoms with van der Waals surface area (Å²) in [6, 6.07) is 6.63. The molecule has 3 atom stereocenters. The predicted octanol–water partition coefficient (Wildman–Crippen LogP) is 3.61. The van der Waals surface area contributed by atoms with Gasteiger partial charge in [-0.05, 0) is 44.6 Å². The zero-order valence-electron chi connectivity index (χ0n) is 15.0. The zero-order chi connectivity index (χ0) is 18.7. The number of nitriles is 1. The predicted molar refractivity (Wildman–Crippen MR) is 105 cm³/mol. The van der Waals surface area contributed by atoms with Crippen LogP contribution in [0.1, 0.15) is 50.3 Å². The topological polar surface area (TPSA) is 73.2 Å². The second-order valence-corrected chi connectivity index (χ2v) is 8.86. The van der Waals surface area contributed by atoms with E-state index in [1.165, 1.54) is 11.8 Å². The molecule has 3 rings (SSSR count). The van der Waals surface area contributed by atoms with Crippen LogP contribution in [0, 0.1) is 11.3 Å². The number of carbonyl (C=O) groups excluding carboxylic acids is 2. The Morgan fingerprint density at radius 3 is 2.77 bits per heavy atom. The highest BCUT2D eigenvalue weighted by Gasteiger charge is 2.32. The number of carbonyl (C=O) groups is 2. The molecule has 5 nitrogen and oxygen atoms in total. The summed E-state index contributed by atoms with van der Waals surface area (Å²) in [7, 11) is 0. The Balaban J connectivity index is 1.75. The minimum absolute atomic E-state index is 0.0759. The van der Waals surface area contributed by atoms with Crippen LogP contribution in [0.3, 0.4) is 0 Å². The van der Waals surface area contributed by atoms with Crippen LogP contribution < -0.4 is 5.32 Å². The van der Waals surface area contributed by atoms with Gasteiger partial charge in [0, 0.05) is 29.3 Å². The summed E-state index contributed by atoms with van der Waals surface area (Å²) in [6.07, 6.45) is 3.50. The van der Waals surface area contributed by atoms with Crippen molar-refractivity contribution >= 4 is 34.9 Å². The van der Waals surface area contributed by atoms with Gasteiger partial charge >= 0.3 is 0 Å². The molecule has 26 heavy (non-hydrogen) atoms. The van der Waals surface area contributed by atoms with E-state index < -0.39 is 0 Å². The molecular weight excluding hydrogens is 366 g/mol. The van der Waals surface area contributed by atoms with Gasteiger partial charge in [0.2, 0.25) is 11.8 Å². The molecule has 0 spiro atoms. The SMILES string of the molecule is C[C@@H]1CCC[C@@H](C)N1C(=O)CSC1=C(C#N)[C@H](c2cccs2)CC(=O)N1. The van der Waals surface area contributed by atoms with Crippen molar-refractivity contribution in [1.82, 2.24) is 10.2 Å². The van der Waals surface area contributed by atoms with Gasteiger partial charge in [-0.1, -0.05) is 17.8 Å². The molecule has 0 aliphatic carbocycles. The lowest BCUT2D eigenvalue weighted by Gasteiger charge is -2.39. The van der Waals surface area contributed by atoms with E-state index in [4.69, 9.17) is 0 Å². The average Bonchev–Trinajstić information content (AvgIpc) is 3.13. The number of piperidine rings is 1. The number of thioether (sulfide) groups is 1. The van der Waals surface area contributed by atoms with Crippen molar-refractivity contribution in [3.8, 4) is 6.07 Å². The minimum Gasteiger partial charge on any atom is -0.337 e. The van der Waals surface area contributed by atoms with Gasteiger partial charge < -0.3 is 10.2 Å². The first-order chi connectivity index (χ1) is 12.5. The first-order valence-electron chi connectivity index (χ1n) is 8.92. The van der Waals surface area contributed by atoms with Crippen LogP contribution in [0.15, 0.2) is 28.1 Å². The monoisotopic (exact) mass is 389 g/mol. The maximum atomic E-state index is 12.7. The van der Waals surface area contributed by atoms with Gasteiger partial charge in [0.05, 0.1) is 22.4 Å². The highest BCUT2D eigenvalue weighted by molar-refractivity contribution is 8.03. The van der Waals surface area contributed by atoms with Gasteiger partial charge in [-0.15, -0.1) is 11.3 Å². The molecule has 1 N–H and O–H groups in total. The molecule has 1 saturated heterocycles. The first kappa shape index (κ1) is 19.0. The van der Waals surface area contributed by atoms with Gasteiger partial charge in [0.1, 0.15) is 0 Å². The Morgan fingerprint density at radius 2 is 2.15 bits per heavy atom. The highest BCUT2D eigenvalue weighted by Crippen LogP contribution is 2.38. The van der Waals surface area contributed by atoms with E-state index in [1.54, 1.807) is 11.3 Å². The van der Waals surface area contributed by atoms with E-state index in [0.717, 1.165) is 24.1 Å². The Bertz CT molecular complexity index is 741. The van der Waals surface area contributed by atoms with Crippen molar-refractivity contribution in [2.75, 3.05) is 5.75 Å². The summed E-state index contributed by atoms with van der Waals surface area (Å²) < 4.78 is 0. The Kier molecular flexibility index (Phi) is 6.05. The molecule has 0 aromatic carbocycles. The molecule has 138 valence electrons. The molecule has 1 aromatic rings. The Labute approximate surface area is 162 Å². The molecule has 2 aliphatic rings. The molecule has 2 amide bonds. The lowest BCUT2D eigenvalue weighted by atomic mass is 9.93. The van der Waals surface area contributed by atoms with E-state index in [-0.39, 0.29) is 42.0 Å². The molecule has 7 heteroatoms. The molecule has 2 aliphatic heterocycles. The highest BCUT2D eigenvalue weighted by atomic mass is 32.2. The number of thiophene rings is 1. The third kappa shape index (κ3) is 3.97. The van der Waals surface area contributed by atoms with Crippen LogP contribution in [0.4, 0.5) is 0 Å². The number of nitrogens with one attached hydrogen (secondary N) is 1. The quantitative estimate of drug-likeness (QED) is 0.854. The average molecular weight is 390 g/mol. The van der Waals surface area contributed by atoms with E-state index >= 15 is 0 Å². The van der Waals surface area contributed by atoms with Gasteiger partial charge in [-0.25, -0.2) is 0 Å². The van der Waals surface area contributed by atoms with Crippen LogP contribution in [0.2, 0.25) is 0 Å². The minimum atomic E-state index is -0.209. The summed E-state index contributed by atoms with van der Waals surface area (Å²) in [5.74, 6) is 0.00957. The van der Waals surface area contributed by atoms with Gasteiger partial charge in [0.25, 0.3) is 0 Å². The maximum absolute atomic E-state index is 12.7. The molecule has 0 unspecified atom stereocenters. The second kappa shape index (κ2) is 8.28. The summed E-state index contributed by atoms with van der Waals surface area (Å²) in [5.41, 5.74) is 0.560. The van der Waals surface area contributed by atoms with Crippen LogP contribution in [-0.4, -0.2) is 34.6 Å². The van der Waals surface area contributed by atoms with Crippen molar-refractivity contribution in [2.24, 2.45) is 0 Å². The maximum Gasteiger partial charge on any atom is 0.233 e. The van der Waals surface area contributed by atoms with E-state index in [1.807, 2.05) is 22.4 Å². The lowest BCUT2D eigenvalue weighted by Crippen LogP contribution is -2.48. The Hall–Kier alpha value is -1.78. The fourth-order valence-corrected chi connectivity index (χ4v) is 5.57. The molecule has 1 fully saturated rings. The van der Waals surface area contributed by atoms with Crippen LogP contribution >= 0.6 is 23.1 Å². The largest absolute Gasteiger partial charge is 0.337 e. The number of rotatable bonds is 4. The number of allylic oxidation sites excluding steroid dienone is 1. The van der Waals surface area contributed by atoms with Crippen molar-refractivity contribution in [1.29, 1.82) is 5.26 Å². The lowest BCUT2D eigenvalue weighted by molar-refractivity contribution is -0.134. The van der Waals surface area contributed by atoms with Crippen LogP contribution in [-0.2, 0) is 9.59 Å². The summed E-state index contributed by atoms with van der Waals surface area (Å²) in [5, 5.41) is 14.9. The van der Waals surface area contributed by atoms with Crippen molar-refractivity contribution < 1.29 is 9.59 Å². The number of amides is 2. The van der Waals surface area contributed by atoms with Gasteiger partial charge in [0.15, 0.2) is 0 Å². The summed E-state index contributed by atoms with van der Waals surface area (Å²) in [4.78, 5) is 27.8. The Morgan fingerprint density at radius 1 is 1.42 bits per heavy atom. The number of hydrogen-bond donors (Lipinski definition) is 1. The second-order valence-electron chi connectivity index (χ2n) is 6.89. The van der Waals surface area contributed by atoms with Crippen LogP contribution in [0.25, 0.3) is 0 Å². The molecule has 0 radical (unpaired) electrons. The summed E-state index contributed by atoms with van der Waals surface area (Å²) >= 11 is 2.83. The molecule has 3 heterocycles. The van der Waals surface area contributed by atoms with Gasteiger partial charge in [-0.2, -0.15) is 5.26 Å². The zero-order valence-corrected chi connectivity index (χ0v) is 16.7. The summed E-state index contributed by atoms with van der Waals surface area (Å²) in [6.45, 7) is 4.18. The first-order valence-corrected chi connectivity index (χ1v) is 10.8. The van der Waals surface area contributed by atoms with E-state index in [2.05, 4.69) is 25.2 Å². The van der Waals surface area contributed by atoms with Crippen molar-refractivity contribution in [2.45, 2.75) is 57.5 Å². The number of nitrogens with zero attached hydrogens (tertiary/aromatic N) is 2. The van der Waals surface area contributed by atoms with Gasteiger partial charge in [-0.3, -0.25) is 9.59 Å². The fourth-order valence-electron chi connectivity index (χ4n) is 3.79.